The Morgan fingerprint density at radius 3 is 2.41 bits per heavy atom. The molecule has 1 heterocycles. The van der Waals surface area contributed by atoms with E-state index in [0.717, 1.165) is 29.7 Å². The Bertz CT molecular complexity index is 655. The minimum atomic E-state index is 0.161. The molecule has 2 aromatic rings. The average molecular weight is 316 g/mol. The van der Waals surface area contributed by atoms with Gasteiger partial charge in [-0.2, -0.15) is 0 Å². The van der Waals surface area contributed by atoms with Crippen LogP contribution in [-0.2, 0) is 11.8 Å². The summed E-state index contributed by atoms with van der Waals surface area (Å²) in [4.78, 5) is 8.89. The van der Waals surface area contributed by atoms with Crippen molar-refractivity contribution in [3.63, 3.8) is 0 Å². The molecule has 0 bridgehead atoms. The van der Waals surface area contributed by atoms with Crippen molar-refractivity contribution in [2.24, 2.45) is 5.92 Å². The molecule has 1 aliphatic carbocycles. The predicted octanol–water partition coefficient (Wildman–Crippen LogP) is 5.12. The molecule has 0 radical (unpaired) electrons. The minimum Gasteiger partial charge on any atom is -0.340 e. The first kappa shape index (κ1) is 15.3. The molecule has 1 aromatic carbocycles. The van der Waals surface area contributed by atoms with E-state index in [4.69, 9.17) is 11.6 Å². The summed E-state index contributed by atoms with van der Waals surface area (Å²) >= 11 is 6.11. The summed E-state index contributed by atoms with van der Waals surface area (Å²) in [5, 5.41) is 3.82. The van der Waals surface area contributed by atoms with Crippen molar-refractivity contribution in [2.45, 2.75) is 45.4 Å². The van der Waals surface area contributed by atoms with E-state index in [1.165, 1.54) is 18.4 Å². The zero-order chi connectivity index (χ0) is 15.7. The van der Waals surface area contributed by atoms with Gasteiger partial charge in [-0.05, 0) is 41.9 Å². The maximum atomic E-state index is 6.11. The fourth-order valence-corrected chi connectivity index (χ4v) is 2.60. The van der Waals surface area contributed by atoms with Gasteiger partial charge in [0, 0.05) is 18.2 Å². The molecule has 22 heavy (non-hydrogen) atoms. The van der Waals surface area contributed by atoms with Crippen molar-refractivity contribution in [1.29, 1.82) is 0 Å². The van der Waals surface area contributed by atoms with Gasteiger partial charge in [-0.25, -0.2) is 9.97 Å². The van der Waals surface area contributed by atoms with Crippen molar-refractivity contribution < 1.29 is 0 Å². The van der Waals surface area contributed by atoms with Crippen LogP contribution in [0.5, 0.6) is 0 Å². The number of aromatic nitrogens is 2. The summed E-state index contributed by atoms with van der Waals surface area (Å²) in [6, 6.07) is 10.2. The van der Waals surface area contributed by atoms with Crippen molar-refractivity contribution in [3.8, 4) is 0 Å². The normalized spacial score (nSPS) is 14.9. The highest BCUT2D eigenvalue weighted by Gasteiger charge is 2.23. The van der Waals surface area contributed by atoms with Gasteiger partial charge in [0.2, 0.25) is 0 Å². The molecule has 3 nitrogen and oxygen atoms in total. The first-order valence-electron chi connectivity index (χ1n) is 7.81. The molecule has 0 atom stereocenters. The van der Waals surface area contributed by atoms with Crippen LogP contribution in [0.3, 0.4) is 0 Å². The Kier molecular flexibility index (Phi) is 4.09. The van der Waals surface area contributed by atoms with Gasteiger partial charge in [0.15, 0.2) is 0 Å². The molecular weight excluding hydrogens is 294 g/mol. The van der Waals surface area contributed by atoms with E-state index in [1.807, 2.05) is 0 Å². The van der Waals surface area contributed by atoms with Crippen LogP contribution in [0.1, 0.15) is 45.0 Å². The topological polar surface area (TPSA) is 37.8 Å². The Morgan fingerprint density at radius 1 is 1.14 bits per heavy atom. The van der Waals surface area contributed by atoms with E-state index in [1.54, 1.807) is 6.07 Å². The summed E-state index contributed by atoms with van der Waals surface area (Å²) in [5.41, 5.74) is 2.49. The average Bonchev–Trinajstić information content (AvgIpc) is 3.21. The molecule has 0 spiro atoms. The standard InChI is InChI=1S/C18H22ClN3/c1-18(2,3)13-6-8-14(9-7-13)20-17-11-15(19)21-16(22-17)10-12-4-5-12/h6-9,11-12H,4-5,10H2,1-3H3,(H,20,21,22). The van der Waals surface area contributed by atoms with E-state index in [-0.39, 0.29) is 5.41 Å². The molecular formula is C18H22ClN3. The molecule has 4 heteroatoms. The third-order valence-electron chi connectivity index (χ3n) is 3.93. The van der Waals surface area contributed by atoms with Gasteiger partial charge in [0.25, 0.3) is 0 Å². The molecule has 0 unspecified atom stereocenters. The zero-order valence-corrected chi connectivity index (χ0v) is 14.1. The molecule has 1 N–H and O–H groups in total. The van der Waals surface area contributed by atoms with E-state index in [0.29, 0.717) is 5.15 Å². The monoisotopic (exact) mass is 315 g/mol. The van der Waals surface area contributed by atoms with Gasteiger partial charge in [-0.1, -0.05) is 44.5 Å². The van der Waals surface area contributed by atoms with Crippen LogP contribution in [0.25, 0.3) is 0 Å². The van der Waals surface area contributed by atoms with Crippen LogP contribution >= 0.6 is 11.6 Å². The number of hydrogen-bond donors (Lipinski definition) is 1. The summed E-state index contributed by atoms with van der Waals surface area (Å²) in [5.74, 6) is 2.35. The van der Waals surface area contributed by atoms with Crippen LogP contribution in [0.15, 0.2) is 30.3 Å². The second kappa shape index (κ2) is 5.88. The smallest absolute Gasteiger partial charge is 0.135 e. The lowest BCUT2D eigenvalue weighted by molar-refractivity contribution is 0.590. The van der Waals surface area contributed by atoms with Crippen molar-refractivity contribution in [3.05, 3.63) is 46.9 Å². The summed E-state index contributed by atoms with van der Waals surface area (Å²) in [6.45, 7) is 6.64. The predicted molar refractivity (Wildman–Crippen MR) is 91.9 cm³/mol. The van der Waals surface area contributed by atoms with Crippen LogP contribution in [-0.4, -0.2) is 9.97 Å². The number of benzene rings is 1. The Morgan fingerprint density at radius 2 is 1.82 bits per heavy atom. The van der Waals surface area contributed by atoms with Gasteiger partial charge in [0.05, 0.1) is 0 Å². The molecule has 0 aliphatic heterocycles. The summed E-state index contributed by atoms with van der Waals surface area (Å²) in [7, 11) is 0. The van der Waals surface area contributed by atoms with E-state index < -0.39 is 0 Å². The largest absolute Gasteiger partial charge is 0.340 e. The Hall–Kier alpha value is -1.61. The van der Waals surface area contributed by atoms with Gasteiger partial charge in [-0.15, -0.1) is 0 Å². The van der Waals surface area contributed by atoms with Crippen LogP contribution in [0, 0.1) is 5.92 Å². The molecule has 1 aliphatic rings. The Labute approximate surface area is 137 Å². The van der Waals surface area contributed by atoms with Crippen molar-refractivity contribution in [2.75, 3.05) is 5.32 Å². The van der Waals surface area contributed by atoms with E-state index in [2.05, 4.69) is 60.3 Å². The third kappa shape index (κ3) is 3.98. The number of nitrogens with zero attached hydrogens (tertiary/aromatic N) is 2. The fourth-order valence-electron chi connectivity index (χ4n) is 2.40. The number of nitrogens with one attached hydrogen (secondary N) is 1. The number of hydrogen-bond acceptors (Lipinski definition) is 3. The molecule has 3 rings (SSSR count). The fraction of sp³-hybridized carbons (Fsp3) is 0.444. The second-order valence-electron chi connectivity index (χ2n) is 7.09. The van der Waals surface area contributed by atoms with Gasteiger partial charge < -0.3 is 5.32 Å². The SMILES string of the molecule is CC(C)(C)c1ccc(Nc2cc(Cl)nc(CC3CC3)n2)cc1. The highest BCUT2D eigenvalue weighted by molar-refractivity contribution is 6.29. The zero-order valence-electron chi connectivity index (χ0n) is 13.4. The third-order valence-corrected chi connectivity index (χ3v) is 4.13. The summed E-state index contributed by atoms with van der Waals surface area (Å²) in [6.07, 6.45) is 3.50. The lowest BCUT2D eigenvalue weighted by Gasteiger charge is -2.19. The second-order valence-corrected chi connectivity index (χ2v) is 7.48. The lowest BCUT2D eigenvalue weighted by Crippen LogP contribution is -2.10. The quantitative estimate of drug-likeness (QED) is 0.795. The first-order chi connectivity index (χ1) is 10.4. The van der Waals surface area contributed by atoms with E-state index in [9.17, 15) is 0 Å². The van der Waals surface area contributed by atoms with Gasteiger partial charge >= 0.3 is 0 Å². The van der Waals surface area contributed by atoms with E-state index >= 15 is 0 Å². The lowest BCUT2D eigenvalue weighted by atomic mass is 9.87. The molecule has 0 amide bonds. The van der Waals surface area contributed by atoms with Crippen LogP contribution in [0.4, 0.5) is 11.5 Å². The highest BCUT2D eigenvalue weighted by atomic mass is 35.5. The molecule has 116 valence electrons. The maximum absolute atomic E-state index is 6.11. The van der Waals surface area contributed by atoms with Gasteiger partial charge in [-0.3, -0.25) is 0 Å². The van der Waals surface area contributed by atoms with Gasteiger partial charge in [0.1, 0.15) is 16.8 Å². The molecule has 1 aromatic heterocycles. The van der Waals surface area contributed by atoms with Crippen molar-refractivity contribution >= 4 is 23.1 Å². The van der Waals surface area contributed by atoms with Crippen molar-refractivity contribution in [1.82, 2.24) is 9.97 Å². The molecule has 0 saturated heterocycles. The highest BCUT2D eigenvalue weighted by Crippen LogP contribution is 2.32. The molecule has 1 fully saturated rings. The number of rotatable bonds is 4. The molecule has 1 saturated carbocycles. The Balaban J connectivity index is 1.75. The van der Waals surface area contributed by atoms with Crippen LogP contribution < -0.4 is 5.32 Å². The maximum Gasteiger partial charge on any atom is 0.135 e. The number of anilines is 2. The minimum absolute atomic E-state index is 0.161. The van der Waals surface area contributed by atoms with Crippen LogP contribution in [0.2, 0.25) is 5.15 Å². The number of halogens is 1. The first-order valence-corrected chi connectivity index (χ1v) is 8.19. The summed E-state index contributed by atoms with van der Waals surface area (Å²) < 4.78 is 0.